The standard InChI is InChI=1S/C29H45N3O3/c1-6-10-17-32(22-24-12-14-25(15-13-24)35-23(5)8-3)27-20-26(33-19-11-16-31-9-4)21-28(29(27)30)34-18-7-2/h12-15,20-21,31H,5-11,16-19,22,30H2,1-4H3. The molecule has 0 saturated carbocycles. The molecular formula is C29H45N3O3. The molecule has 194 valence electrons. The predicted molar refractivity (Wildman–Crippen MR) is 148 cm³/mol. The highest BCUT2D eigenvalue weighted by molar-refractivity contribution is 5.76. The predicted octanol–water partition coefficient (Wildman–Crippen LogP) is 6.55. The van der Waals surface area contributed by atoms with E-state index in [1.54, 1.807) is 0 Å². The molecule has 0 atom stereocenters. The highest BCUT2D eigenvalue weighted by Gasteiger charge is 2.17. The number of nitrogens with two attached hydrogens (primary N) is 1. The zero-order valence-corrected chi connectivity index (χ0v) is 22.2. The number of benzene rings is 2. The van der Waals surface area contributed by atoms with Gasteiger partial charge in [-0.3, -0.25) is 0 Å². The van der Waals surface area contributed by atoms with Gasteiger partial charge in [0.25, 0.3) is 0 Å². The summed E-state index contributed by atoms with van der Waals surface area (Å²) in [5, 5.41) is 3.33. The number of rotatable bonds is 18. The fourth-order valence-corrected chi connectivity index (χ4v) is 3.58. The van der Waals surface area contributed by atoms with Crippen molar-refractivity contribution in [1.29, 1.82) is 0 Å². The Balaban J connectivity index is 2.27. The van der Waals surface area contributed by atoms with Gasteiger partial charge in [-0.25, -0.2) is 0 Å². The van der Waals surface area contributed by atoms with E-state index in [2.05, 4.69) is 55.8 Å². The van der Waals surface area contributed by atoms with Crippen LogP contribution in [0.4, 0.5) is 11.4 Å². The molecular weight excluding hydrogens is 438 g/mol. The molecule has 0 bridgehead atoms. The van der Waals surface area contributed by atoms with Gasteiger partial charge in [0.05, 0.1) is 30.3 Å². The third-order valence-electron chi connectivity index (χ3n) is 5.65. The summed E-state index contributed by atoms with van der Waals surface area (Å²) in [6.45, 7) is 17.1. The summed E-state index contributed by atoms with van der Waals surface area (Å²) in [5.41, 5.74) is 9.44. The summed E-state index contributed by atoms with van der Waals surface area (Å²) >= 11 is 0. The minimum absolute atomic E-state index is 0.618. The molecule has 0 aromatic heterocycles. The van der Waals surface area contributed by atoms with Crippen LogP contribution in [0.1, 0.15) is 65.4 Å². The second-order valence-corrected chi connectivity index (χ2v) is 8.67. The maximum absolute atomic E-state index is 6.65. The van der Waals surface area contributed by atoms with E-state index in [1.807, 2.05) is 25.1 Å². The fraction of sp³-hybridized carbons (Fsp3) is 0.517. The third kappa shape index (κ3) is 9.73. The molecule has 0 aliphatic heterocycles. The lowest BCUT2D eigenvalue weighted by atomic mass is 10.1. The quantitative estimate of drug-likeness (QED) is 0.142. The minimum atomic E-state index is 0.618. The van der Waals surface area contributed by atoms with E-state index in [0.717, 1.165) is 81.2 Å². The molecule has 6 nitrogen and oxygen atoms in total. The summed E-state index contributed by atoms with van der Waals surface area (Å²) in [7, 11) is 0. The maximum atomic E-state index is 6.65. The lowest BCUT2D eigenvalue weighted by Gasteiger charge is -2.28. The molecule has 2 rings (SSSR count). The first-order valence-electron chi connectivity index (χ1n) is 13.1. The number of unbranched alkanes of at least 4 members (excludes halogenated alkanes) is 1. The average molecular weight is 484 g/mol. The molecule has 0 fully saturated rings. The van der Waals surface area contributed by atoms with Gasteiger partial charge < -0.3 is 30.2 Å². The van der Waals surface area contributed by atoms with Crippen LogP contribution < -0.4 is 30.2 Å². The van der Waals surface area contributed by atoms with Crippen LogP contribution in [0.3, 0.4) is 0 Å². The van der Waals surface area contributed by atoms with E-state index in [0.29, 0.717) is 24.7 Å². The van der Waals surface area contributed by atoms with Gasteiger partial charge in [-0.2, -0.15) is 0 Å². The monoisotopic (exact) mass is 483 g/mol. The first-order chi connectivity index (χ1) is 17.0. The summed E-state index contributed by atoms with van der Waals surface area (Å²) < 4.78 is 17.9. The zero-order valence-electron chi connectivity index (χ0n) is 22.2. The Morgan fingerprint density at radius 1 is 0.943 bits per heavy atom. The summed E-state index contributed by atoms with van der Waals surface area (Å²) in [4.78, 5) is 2.32. The number of ether oxygens (including phenoxy) is 3. The maximum Gasteiger partial charge on any atom is 0.148 e. The van der Waals surface area contributed by atoms with Crippen LogP contribution in [0.2, 0.25) is 0 Å². The van der Waals surface area contributed by atoms with E-state index in [1.165, 1.54) is 5.56 Å². The van der Waals surface area contributed by atoms with Gasteiger partial charge >= 0.3 is 0 Å². The van der Waals surface area contributed by atoms with Crippen molar-refractivity contribution < 1.29 is 14.2 Å². The van der Waals surface area contributed by atoms with Crippen LogP contribution in [-0.4, -0.2) is 32.8 Å². The van der Waals surface area contributed by atoms with Gasteiger partial charge in [0.1, 0.15) is 17.2 Å². The number of hydrogen-bond donors (Lipinski definition) is 2. The van der Waals surface area contributed by atoms with E-state index in [4.69, 9.17) is 19.9 Å². The molecule has 2 aromatic carbocycles. The van der Waals surface area contributed by atoms with Gasteiger partial charge in [0.15, 0.2) is 0 Å². The fourth-order valence-electron chi connectivity index (χ4n) is 3.58. The number of hydrogen-bond acceptors (Lipinski definition) is 6. The van der Waals surface area contributed by atoms with Crippen LogP contribution in [-0.2, 0) is 6.54 Å². The lowest BCUT2D eigenvalue weighted by molar-refractivity contribution is 0.298. The second-order valence-electron chi connectivity index (χ2n) is 8.67. The molecule has 6 heteroatoms. The van der Waals surface area contributed by atoms with E-state index < -0.39 is 0 Å². The molecule has 0 aliphatic carbocycles. The topological polar surface area (TPSA) is 69.0 Å². The van der Waals surface area contributed by atoms with Gasteiger partial charge in [-0.05, 0) is 50.0 Å². The van der Waals surface area contributed by atoms with Crippen LogP contribution in [0.5, 0.6) is 17.2 Å². The lowest BCUT2D eigenvalue weighted by Crippen LogP contribution is -2.25. The van der Waals surface area contributed by atoms with Crippen LogP contribution in [0, 0.1) is 0 Å². The average Bonchev–Trinajstić information content (AvgIpc) is 2.87. The Kier molecular flexibility index (Phi) is 12.9. The molecule has 3 N–H and O–H groups in total. The summed E-state index contributed by atoms with van der Waals surface area (Å²) in [6.07, 6.45) is 4.82. The summed E-state index contributed by atoms with van der Waals surface area (Å²) in [6, 6.07) is 12.2. The van der Waals surface area contributed by atoms with Gasteiger partial charge in [0, 0.05) is 31.6 Å². The largest absolute Gasteiger partial charge is 0.493 e. The molecule has 2 aromatic rings. The van der Waals surface area contributed by atoms with Crippen molar-refractivity contribution >= 4 is 11.4 Å². The molecule has 0 saturated heterocycles. The molecule has 0 spiro atoms. The SMILES string of the molecule is C=C(CC)Oc1ccc(CN(CCCC)c2cc(OCCCNCC)cc(OCCC)c2N)cc1. The normalized spacial score (nSPS) is 10.7. The Bertz CT molecular complexity index is 883. The first kappa shape index (κ1) is 28.4. The molecule has 0 amide bonds. The molecule has 0 radical (unpaired) electrons. The molecule has 0 unspecified atom stereocenters. The molecule has 35 heavy (non-hydrogen) atoms. The van der Waals surface area contributed by atoms with Crippen molar-refractivity contribution in [3.63, 3.8) is 0 Å². The number of nitrogen functional groups attached to an aromatic ring is 1. The van der Waals surface area contributed by atoms with Crippen molar-refractivity contribution in [2.75, 3.05) is 43.5 Å². The Morgan fingerprint density at radius 2 is 1.71 bits per heavy atom. The second kappa shape index (κ2) is 15.9. The first-order valence-corrected chi connectivity index (χ1v) is 13.1. The molecule has 0 heterocycles. The van der Waals surface area contributed by atoms with Crippen LogP contribution in [0.15, 0.2) is 48.7 Å². The van der Waals surface area contributed by atoms with Crippen molar-refractivity contribution in [2.45, 2.75) is 66.3 Å². The Hall–Kier alpha value is -2.86. The highest BCUT2D eigenvalue weighted by atomic mass is 16.5. The number of nitrogens with one attached hydrogen (secondary N) is 1. The van der Waals surface area contributed by atoms with Crippen molar-refractivity contribution in [3.05, 3.63) is 54.3 Å². The number of anilines is 2. The highest BCUT2D eigenvalue weighted by Crippen LogP contribution is 2.38. The minimum Gasteiger partial charge on any atom is -0.493 e. The smallest absolute Gasteiger partial charge is 0.148 e. The van der Waals surface area contributed by atoms with Crippen molar-refractivity contribution in [3.8, 4) is 17.2 Å². The summed E-state index contributed by atoms with van der Waals surface area (Å²) in [5.74, 6) is 3.05. The van der Waals surface area contributed by atoms with E-state index >= 15 is 0 Å². The third-order valence-corrected chi connectivity index (χ3v) is 5.65. The zero-order chi connectivity index (χ0) is 25.5. The van der Waals surface area contributed by atoms with Crippen LogP contribution >= 0.6 is 0 Å². The van der Waals surface area contributed by atoms with E-state index in [-0.39, 0.29) is 0 Å². The number of allylic oxidation sites excluding steroid dienone is 1. The molecule has 0 aliphatic rings. The van der Waals surface area contributed by atoms with Crippen LogP contribution in [0.25, 0.3) is 0 Å². The van der Waals surface area contributed by atoms with Gasteiger partial charge in [0.2, 0.25) is 0 Å². The van der Waals surface area contributed by atoms with Gasteiger partial charge in [-0.1, -0.05) is 52.8 Å². The van der Waals surface area contributed by atoms with Gasteiger partial charge in [-0.15, -0.1) is 0 Å². The van der Waals surface area contributed by atoms with Crippen molar-refractivity contribution in [1.82, 2.24) is 5.32 Å². The van der Waals surface area contributed by atoms with Crippen molar-refractivity contribution in [2.24, 2.45) is 0 Å². The Morgan fingerprint density at radius 3 is 2.37 bits per heavy atom. The Labute approximate surface area is 212 Å². The number of nitrogens with zero attached hydrogens (tertiary/aromatic N) is 1. The van der Waals surface area contributed by atoms with E-state index in [9.17, 15) is 0 Å².